The van der Waals surface area contributed by atoms with Gasteiger partial charge in [-0.05, 0) is 17.7 Å². The lowest BCUT2D eigenvalue weighted by Crippen LogP contribution is -2.21. The van der Waals surface area contributed by atoms with Crippen LogP contribution < -0.4 is 5.06 Å². The van der Waals surface area contributed by atoms with Crippen LogP contribution in [0.2, 0.25) is 0 Å². The van der Waals surface area contributed by atoms with Crippen LogP contribution in [0.1, 0.15) is 11.1 Å². The summed E-state index contributed by atoms with van der Waals surface area (Å²) in [6.07, 6.45) is -4.54. The molecule has 1 heterocycles. The summed E-state index contributed by atoms with van der Waals surface area (Å²) in [5.74, 6) is -0.621. The number of nitrogens with zero attached hydrogens (tertiary/aromatic N) is 1. The Bertz CT molecular complexity index is 428. The maximum Gasteiger partial charge on any atom is 0.416 e. The fourth-order valence-corrected chi connectivity index (χ4v) is 1.46. The standard InChI is InChI=1S/C9H6F3NO2/c10-9(11,12)6-2-1-5-3-8(14)13(15)7(5)4-6/h1-2,4,15H,3H2. The summed E-state index contributed by atoms with van der Waals surface area (Å²) in [7, 11) is 0. The van der Waals surface area contributed by atoms with Crippen molar-refractivity contribution in [2.45, 2.75) is 12.6 Å². The van der Waals surface area contributed by atoms with Crippen molar-refractivity contribution in [1.82, 2.24) is 0 Å². The van der Waals surface area contributed by atoms with Gasteiger partial charge in [0.05, 0.1) is 17.7 Å². The molecule has 0 spiro atoms. The highest BCUT2D eigenvalue weighted by molar-refractivity contribution is 5.99. The molecule has 1 aromatic rings. The first-order valence-electron chi connectivity index (χ1n) is 4.11. The van der Waals surface area contributed by atoms with E-state index in [9.17, 15) is 18.0 Å². The second kappa shape index (κ2) is 2.96. The summed E-state index contributed by atoms with van der Waals surface area (Å²) >= 11 is 0. The van der Waals surface area contributed by atoms with Gasteiger partial charge in [-0.1, -0.05) is 6.07 Å². The van der Waals surface area contributed by atoms with Crippen LogP contribution in [0.15, 0.2) is 18.2 Å². The minimum atomic E-state index is -4.47. The summed E-state index contributed by atoms with van der Waals surface area (Å²) in [4.78, 5) is 11.0. The zero-order valence-corrected chi connectivity index (χ0v) is 7.38. The van der Waals surface area contributed by atoms with Gasteiger partial charge in [-0.2, -0.15) is 18.2 Å². The highest BCUT2D eigenvalue weighted by atomic mass is 19.4. The number of alkyl halides is 3. The lowest BCUT2D eigenvalue weighted by molar-refractivity contribution is -0.137. The summed E-state index contributed by atoms with van der Waals surface area (Å²) in [6.45, 7) is 0. The molecule has 0 saturated carbocycles. The van der Waals surface area contributed by atoms with Crippen molar-refractivity contribution in [3.63, 3.8) is 0 Å². The van der Waals surface area contributed by atoms with Crippen LogP contribution in [0.3, 0.4) is 0 Å². The molecular formula is C9H6F3NO2. The van der Waals surface area contributed by atoms with Crippen molar-refractivity contribution < 1.29 is 23.2 Å². The van der Waals surface area contributed by atoms with E-state index in [2.05, 4.69) is 0 Å². The number of amides is 1. The minimum absolute atomic E-state index is 0.0655. The molecule has 0 atom stereocenters. The van der Waals surface area contributed by atoms with Crippen molar-refractivity contribution in [1.29, 1.82) is 0 Å². The molecular weight excluding hydrogens is 211 g/mol. The smallest absolute Gasteiger partial charge is 0.281 e. The summed E-state index contributed by atoms with van der Waals surface area (Å²) in [5, 5.41) is 9.41. The second-order valence-electron chi connectivity index (χ2n) is 3.22. The molecule has 2 rings (SSSR count). The van der Waals surface area contributed by atoms with Gasteiger partial charge >= 0.3 is 6.18 Å². The van der Waals surface area contributed by atoms with Crippen molar-refractivity contribution in [2.75, 3.05) is 5.06 Å². The monoisotopic (exact) mass is 217 g/mol. The Kier molecular flexibility index (Phi) is 1.97. The van der Waals surface area contributed by atoms with E-state index in [0.29, 0.717) is 5.56 Å². The van der Waals surface area contributed by atoms with Gasteiger partial charge in [0, 0.05) is 0 Å². The van der Waals surface area contributed by atoms with Crippen LogP contribution in [0.4, 0.5) is 18.9 Å². The Hall–Kier alpha value is -1.56. The molecule has 80 valence electrons. The molecule has 6 heteroatoms. The molecule has 1 aliphatic rings. The molecule has 15 heavy (non-hydrogen) atoms. The van der Waals surface area contributed by atoms with Gasteiger partial charge in [-0.3, -0.25) is 10.0 Å². The van der Waals surface area contributed by atoms with Gasteiger partial charge in [0.1, 0.15) is 0 Å². The number of carbonyl (C=O) groups excluding carboxylic acids is 1. The SMILES string of the molecule is O=C1Cc2ccc(C(F)(F)F)cc2N1O. The first-order valence-corrected chi connectivity index (χ1v) is 4.11. The molecule has 1 aliphatic heterocycles. The molecule has 1 N–H and O–H groups in total. The summed E-state index contributed by atoms with van der Waals surface area (Å²) in [5.41, 5.74) is -0.569. The van der Waals surface area contributed by atoms with Gasteiger partial charge in [-0.25, -0.2) is 0 Å². The maximum absolute atomic E-state index is 12.3. The molecule has 3 nitrogen and oxygen atoms in total. The van der Waals surface area contributed by atoms with E-state index in [-0.39, 0.29) is 17.2 Å². The Morgan fingerprint density at radius 3 is 2.60 bits per heavy atom. The van der Waals surface area contributed by atoms with Gasteiger partial charge < -0.3 is 0 Å². The number of carbonyl (C=O) groups is 1. The molecule has 0 fully saturated rings. The van der Waals surface area contributed by atoms with Crippen LogP contribution in [-0.2, 0) is 17.4 Å². The van der Waals surface area contributed by atoms with Crippen molar-refractivity contribution in [2.24, 2.45) is 0 Å². The molecule has 0 aromatic heterocycles. The van der Waals surface area contributed by atoms with E-state index >= 15 is 0 Å². The van der Waals surface area contributed by atoms with Crippen LogP contribution in [0.25, 0.3) is 0 Å². The molecule has 1 amide bonds. The minimum Gasteiger partial charge on any atom is -0.281 e. The van der Waals surface area contributed by atoms with Crippen LogP contribution in [0, 0.1) is 0 Å². The fourth-order valence-electron chi connectivity index (χ4n) is 1.46. The van der Waals surface area contributed by atoms with Crippen molar-refractivity contribution >= 4 is 11.6 Å². The van der Waals surface area contributed by atoms with Gasteiger partial charge in [-0.15, -0.1) is 0 Å². The molecule has 0 aliphatic carbocycles. The predicted octanol–water partition coefficient (Wildman–Crippen LogP) is 1.98. The average molecular weight is 217 g/mol. The molecule has 0 radical (unpaired) electrons. The average Bonchev–Trinajstić information content (AvgIpc) is 2.41. The third kappa shape index (κ3) is 1.56. The Morgan fingerprint density at radius 1 is 1.33 bits per heavy atom. The lowest BCUT2D eigenvalue weighted by Gasteiger charge is -2.11. The quantitative estimate of drug-likeness (QED) is 0.675. The molecule has 0 unspecified atom stereocenters. The summed E-state index contributed by atoms with van der Waals surface area (Å²) in [6, 6.07) is 2.86. The topological polar surface area (TPSA) is 40.5 Å². The normalized spacial score (nSPS) is 15.7. The fraction of sp³-hybridized carbons (Fsp3) is 0.222. The number of hydrogen-bond acceptors (Lipinski definition) is 2. The molecule has 0 bridgehead atoms. The Balaban J connectivity index is 2.49. The van der Waals surface area contributed by atoms with Gasteiger partial charge in [0.25, 0.3) is 5.91 Å². The zero-order chi connectivity index (χ0) is 11.2. The van der Waals surface area contributed by atoms with E-state index in [1.807, 2.05) is 0 Å². The van der Waals surface area contributed by atoms with Crippen LogP contribution in [0.5, 0.6) is 0 Å². The van der Waals surface area contributed by atoms with Gasteiger partial charge in [0.15, 0.2) is 0 Å². The number of benzene rings is 1. The molecule has 1 aromatic carbocycles. The van der Waals surface area contributed by atoms with E-state index in [1.165, 1.54) is 6.07 Å². The number of hydrogen-bond donors (Lipinski definition) is 1. The first-order chi connectivity index (χ1) is 6.89. The third-order valence-corrected chi connectivity index (χ3v) is 2.22. The number of anilines is 1. The summed E-state index contributed by atoms with van der Waals surface area (Å²) < 4.78 is 36.9. The number of hydroxylamine groups is 1. The van der Waals surface area contributed by atoms with Crippen LogP contribution >= 0.6 is 0 Å². The zero-order valence-electron chi connectivity index (χ0n) is 7.38. The maximum atomic E-state index is 12.3. The van der Waals surface area contributed by atoms with E-state index in [1.54, 1.807) is 0 Å². The Morgan fingerprint density at radius 2 is 2.00 bits per heavy atom. The highest BCUT2D eigenvalue weighted by Crippen LogP contribution is 2.35. The lowest BCUT2D eigenvalue weighted by atomic mass is 10.1. The molecule has 0 saturated heterocycles. The van der Waals surface area contributed by atoms with Crippen molar-refractivity contribution in [3.8, 4) is 0 Å². The number of fused-ring (bicyclic) bond motifs is 1. The second-order valence-corrected chi connectivity index (χ2v) is 3.22. The highest BCUT2D eigenvalue weighted by Gasteiger charge is 2.34. The first kappa shape index (κ1) is 9.97. The Labute approximate surface area is 82.7 Å². The van der Waals surface area contributed by atoms with Gasteiger partial charge in [0.2, 0.25) is 0 Å². The van der Waals surface area contributed by atoms with E-state index in [0.717, 1.165) is 12.1 Å². The number of rotatable bonds is 0. The largest absolute Gasteiger partial charge is 0.416 e. The van der Waals surface area contributed by atoms with Crippen LogP contribution in [-0.4, -0.2) is 11.1 Å². The van der Waals surface area contributed by atoms with E-state index < -0.39 is 17.6 Å². The number of halogens is 3. The van der Waals surface area contributed by atoms with E-state index in [4.69, 9.17) is 5.21 Å². The van der Waals surface area contributed by atoms with Crippen molar-refractivity contribution in [3.05, 3.63) is 29.3 Å². The predicted molar refractivity (Wildman–Crippen MR) is 44.4 cm³/mol. The third-order valence-electron chi connectivity index (χ3n) is 2.22.